The topological polar surface area (TPSA) is 96.0 Å². The Kier molecular flexibility index (Phi) is 10.3. The molecule has 2 amide bonds. The van der Waals surface area contributed by atoms with Crippen LogP contribution in [0, 0.1) is 13.8 Å². The Labute approximate surface area is 249 Å². The van der Waals surface area contributed by atoms with Gasteiger partial charge in [-0.2, -0.15) is 0 Å². The van der Waals surface area contributed by atoms with E-state index in [0.29, 0.717) is 12.4 Å². The third-order valence-corrected chi connectivity index (χ3v) is 9.44. The van der Waals surface area contributed by atoms with Gasteiger partial charge in [0.15, 0.2) is 0 Å². The summed E-state index contributed by atoms with van der Waals surface area (Å²) in [5.41, 5.74) is 3.09. The first-order chi connectivity index (χ1) is 20.1. The second-order valence-corrected chi connectivity index (χ2v) is 12.8. The van der Waals surface area contributed by atoms with E-state index < -0.39 is 28.5 Å². The maximum absolute atomic E-state index is 14.2. The normalized spacial score (nSPS) is 14.3. The minimum absolute atomic E-state index is 0.0595. The number of ether oxygens (including phenoxy) is 1. The van der Waals surface area contributed by atoms with E-state index in [1.807, 2.05) is 45.0 Å². The molecule has 0 unspecified atom stereocenters. The maximum atomic E-state index is 14.2. The molecular formula is C33H41N3O5S. The number of para-hydroxylation sites is 2. The molecule has 1 fully saturated rings. The summed E-state index contributed by atoms with van der Waals surface area (Å²) in [6.45, 7) is 7.34. The first-order valence-corrected chi connectivity index (χ1v) is 16.0. The van der Waals surface area contributed by atoms with Crippen molar-refractivity contribution in [2.45, 2.75) is 76.9 Å². The van der Waals surface area contributed by atoms with E-state index in [-0.39, 0.29) is 29.1 Å². The lowest BCUT2D eigenvalue weighted by atomic mass is 10.1. The average Bonchev–Trinajstić information content (AvgIpc) is 3.49. The average molecular weight is 592 g/mol. The number of carbonyl (C=O) groups is 2. The van der Waals surface area contributed by atoms with E-state index in [9.17, 15) is 18.0 Å². The number of hydrogen-bond donors (Lipinski definition) is 1. The largest absolute Gasteiger partial charge is 0.492 e. The molecule has 0 radical (unpaired) electrons. The van der Waals surface area contributed by atoms with Gasteiger partial charge in [-0.25, -0.2) is 8.42 Å². The van der Waals surface area contributed by atoms with Crippen molar-refractivity contribution in [1.82, 2.24) is 10.2 Å². The van der Waals surface area contributed by atoms with Gasteiger partial charge in [-0.3, -0.25) is 13.9 Å². The van der Waals surface area contributed by atoms with Crippen LogP contribution in [0.25, 0.3) is 0 Å². The van der Waals surface area contributed by atoms with E-state index in [1.165, 1.54) is 17.0 Å². The van der Waals surface area contributed by atoms with Crippen LogP contribution in [0.1, 0.15) is 56.2 Å². The van der Waals surface area contributed by atoms with Crippen LogP contribution < -0.4 is 14.4 Å². The summed E-state index contributed by atoms with van der Waals surface area (Å²) in [5.74, 6) is -0.391. The lowest BCUT2D eigenvalue weighted by Gasteiger charge is -2.33. The monoisotopic (exact) mass is 591 g/mol. The first kappa shape index (κ1) is 31.1. The second kappa shape index (κ2) is 13.9. The van der Waals surface area contributed by atoms with Crippen LogP contribution in [-0.2, 0) is 26.2 Å². The van der Waals surface area contributed by atoms with Gasteiger partial charge >= 0.3 is 0 Å². The van der Waals surface area contributed by atoms with Crippen LogP contribution in [0.5, 0.6) is 5.75 Å². The number of benzene rings is 3. The third kappa shape index (κ3) is 7.50. The molecule has 224 valence electrons. The van der Waals surface area contributed by atoms with Crippen molar-refractivity contribution in [2.24, 2.45) is 0 Å². The van der Waals surface area contributed by atoms with E-state index >= 15 is 0 Å². The molecule has 0 aliphatic heterocycles. The summed E-state index contributed by atoms with van der Waals surface area (Å²) in [7, 11) is -4.18. The Bertz CT molecular complexity index is 1470. The Morgan fingerprint density at radius 2 is 1.52 bits per heavy atom. The summed E-state index contributed by atoms with van der Waals surface area (Å²) in [5, 5.41) is 3.10. The second-order valence-electron chi connectivity index (χ2n) is 10.9. The fraction of sp³-hybridized carbons (Fsp3) is 0.394. The van der Waals surface area contributed by atoms with Gasteiger partial charge in [-0.1, -0.05) is 72.5 Å². The molecule has 9 heteroatoms. The van der Waals surface area contributed by atoms with Gasteiger partial charge in [-0.05, 0) is 70.4 Å². The van der Waals surface area contributed by atoms with Gasteiger partial charge in [0.05, 0.1) is 17.2 Å². The highest BCUT2D eigenvalue weighted by Gasteiger charge is 2.34. The van der Waals surface area contributed by atoms with Crippen molar-refractivity contribution >= 4 is 27.5 Å². The van der Waals surface area contributed by atoms with Crippen LogP contribution >= 0.6 is 0 Å². The summed E-state index contributed by atoms with van der Waals surface area (Å²) in [6.07, 6.45) is 3.97. The van der Waals surface area contributed by atoms with Crippen molar-refractivity contribution in [2.75, 3.05) is 17.5 Å². The Morgan fingerprint density at radius 3 is 2.14 bits per heavy atom. The quantitative estimate of drug-likeness (QED) is 0.305. The van der Waals surface area contributed by atoms with Gasteiger partial charge in [0, 0.05) is 12.6 Å². The number of carbonyl (C=O) groups excluding carboxylic acids is 2. The fourth-order valence-corrected chi connectivity index (χ4v) is 6.58. The van der Waals surface area contributed by atoms with Gasteiger partial charge < -0.3 is 15.0 Å². The SMILES string of the molecule is CCOc1ccccc1N(CC(=O)N(Cc1ccc(C)cc1)[C@H](C)C(=O)NC1CCCC1)S(=O)(=O)c1ccc(C)cc1. The Balaban J connectivity index is 1.72. The van der Waals surface area contributed by atoms with Crippen LogP contribution in [-0.4, -0.2) is 50.4 Å². The fourth-order valence-electron chi connectivity index (χ4n) is 5.16. The smallest absolute Gasteiger partial charge is 0.264 e. The molecule has 1 aliphatic rings. The number of rotatable bonds is 12. The molecule has 1 atom stereocenters. The third-order valence-electron chi connectivity index (χ3n) is 7.66. The molecule has 1 N–H and O–H groups in total. The number of amides is 2. The summed E-state index contributed by atoms with van der Waals surface area (Å²) < 4.78 is 35.1. The van der Waals surface area contributed by atoms with Crippen molar-refractivity contribution in [3.8, 4) is 5.75 Å². The highest BCUT2D eigenvalue weighted by atomic mass is 32.2. The number of sulfonamides is 1. The molecule has 4 rings (SSSR count). The zero-order valence-electron chi connectivity index (χ0n) is 24.9. The number of anilines is 1. The molecule has 42 heavy (non-hydrogen) atoms. The van der Waals surface area contributed by atoms with Gasteiger partial charge in [0.2, 0.25) is 11.8 Å². The number of aryl methyl sites for hydroxylation is 2. The van der Waals surface area contributed by atoms with Crippen LogP contribution in [0.15, 0.2) is 77.7 Å². The van der Waals surface area contributed by atoms with Crippen LogP contribution in [0.3, 0.4) is 0 Å². The molecule has 0 saturated heterocycles. The number of nitrogens with zero attached hydrogens (tertiary/aromatic N) is 2. The lowest BCUT2D eigenvalue weighted by molar-refractivity contribution is -0.139. The molecule has 3 aromatic rings. The Morgan fingerprint density at radius 1 is 0.929 bits per heavy atom. The van der Waals surface area contributed by atoms with Crippen LogP contribution in [0.4, 0.5) is 5.69 Å². The molecule has 3 aromatic carbocycles. The van der Waals surface area contributed by atoms with Crippen molar-refractivity contribution < 1.29 is 22.7 Å². The van der Waals surface area contributed by atoms with Crippen molar-refractivity contribution in [3.63, 3.8) is 0 Å². The minimum Gasteiger partial charge on any atom is -0.492 e. The van der Waals surface area contributed by atoms with Crippen molar-refractivity contribution in [1.29, 1.82) is 0 Å². The lowest BCUT2D eigenvalue weighted by Crippen LogP contribution is -2.52. The highest BCUT2D eigenvalue weighted by molar-refractivity contribution is 7.92. The minimum atomic E-state index is -4.18. The first-order valence-electron chi connectivity index (χ1n) is 14.6. The predicted molar refractivity (Wildman–Crippen MR) is 165 cm³/mol. The van der Waals surface area contributed by atoms with Crippen LogP contribution in [0.2, 0.25) is 0 Å². The maximum Gasteiger partial charge on any atom is 0.264 e. The van der Waals surface area contributed by atoms with E-state index in [1.54, 1.807) is 43.3 Å². The molecule has 0 bridgehead atoms. The molecule has 8 nitrogen and oxygen atoms in total. The number of hydrogen-bond acceptors (Lipinski definition) is 5. The summed E-state index contributed by atoms with van der Waals surface area (Å²) in [6, 6.07) is 20.3. The zero-order chi connectivity index (χ0) is 30.3. The summed E-state index contributed by atoms with van der Waals surface area (Å²) in [4.78, 5) is 29.1. The van der Waals surface area contributed by atoms with E-state index in [0.717, 1.165) is 46.7 Å². The molecule has 1 saturated carbocycles. The molecule has 1 aliphatic carbocycles. The Hall–Kier alpha value is -3.85. The number of nitrogens with one attached hydrogen (secondary N) is 1. The predicted octanol–water partition coefficient (Wildman–Crippen LogP) is 5.37. The van der Waals surface area contributed by atoms with Crippen molar-refractivity contribution in [3.05, 3.63) is 89.5 Å². The highest BCUT2D eigenvalue weighted by Crippen LogP contribution is 2.33. The van der Waals surface area contributed by atoms with Gasteiger partial charge in [-0.15, -0.1) is 0 Å². The van der Waals surface area contributed by atoms with Gasteiger partial charge in [0.25, 0.3) is 10.0 Å². The summed E-state index contributed by atoms with van der Waals surface area (Å²) >= 11 is 0. The standard InChI is InChI=1S/C33H41N3O5S/c1-5-41-31-13-9-8-12-30(31)36(42(39,40)29-20-16-25(3)17-21-29)23-32(37)35(22-27-18-14-24(2)15-19-27)26(4)33(38)34-28-10-6-7-11-28/h8-9,12-21,26,28H,5-7,10-11,22-23H2,1-4H3,(H,34,38)/t26-/m1/s1. The zero-order valence-corrected chi connectivity index (χ0v) is 25.7. The molecule has 0 spiro atoms. The van der Waals surface area contributed by atoms with E-state index in [4.69, 9.17) is 4.74 Å². The molecule has 0 heterocycles. The van der Waals surface area contributed by atoms with E-state index in [2.05, 4.69) is 5.32 Å². The van der Waals surface area contributed by atoms with Gasteiger partial charge in [0.1, 0.15) is 18.3 Å². The molecular weight excluding hydrogens is 550 g/mol. The molecule has 0 aromatic heterocycles.